The summed E-state index contributed by atoms with van der Waals surface area (Å²) >= 11 is 0. The fourth-order valence-electron chi connectivity index (χ4n) is 3.58. The molecule has 3 aromatic rings. The van der Waals surface area contributed by atoms with Crippen LogP contribution in [0.5, 0.6) is 0 Å². The number of amidine groups is 1. The molecule has 10 nitrogen and oxygen atoms in total. The molecule has 200 valence electrons. The van der Waals surface area contributed by atoms with Gasteiger partial charge in [0.1, 0.15) is 5.82 Å². The number of aryl methyl sites for hydroxylation is 1. The zero-order valence-electron chi connectivity index (χ0n) is 22.8. The van der Waals surface area contributed by atoms with Gasteiger partial charge in [-0.15, -0.1) is 10.6 Å². The van der Waals surface area contributed by atoms with Crippen LogP contribution in [0.15, 0.2) is 53.6 Å². The highest BCUT2D eigenvalue weighted by molar-refractivity contribution is 6.04. The van der Waals surface area contributed by atoms with Gasteiger partial charge in [0.2, 0.25) is 0 Å². The van der Waals surface area contributed by atoms with Gasteiger partial charge >= 0.3 is 6.09 Å². The molecule has 0 spiro atoms. The first-order valence-electron chi connectivity index (χ1n) is 12.9. The second-order valence-corrected chi connectivity index (χ2v) is 7.62. The summed E-state index contributed by atoms with van der Waals surface area (Å²) in [5.41, 5.74) is 12.7. The Labute approximate surface area is 219 Å². The number of carbonyl (C=O) groups is 1. The van der Waals surface area contributed by atoms with Crippen LogP contribution in [0.3, 0.4) is 0 Å². The molecule has 1 aliphatic rings. The van der Waals surface area contributed by atoms with Crippen molar-refractivity contribution in [1.29, 1.82) is 0 Å². The van der Waals surface area contributed by atoms with E-state index in [9.17, 15) is 4.79 Å². The van der Waals surface area contributed by atoms with Gasteiger partial charge < -0.3 is 10.1 Å². The first-order valence-corrected chi connectivity index (χ1v) is 12.9. The highest BCUT2D eigenvalue weighted by Crippen LogP contribution is 2.25. The second-order valence-electron chi connectivity index (χ2n) is 7.62. The Morgan fingerprint density at radius 3 is 2.35 bits per heavy atom. The van der Waals surface area contributed by atoms with Crippen molar-refractivity contribution in [2.45, 2.75) is 67.0 Å². The summed E-state index contributed by atoms with van der Waals surface area (Å²) in [6.07, 6.45) is 2.41. The number of nitrogens with one attached hydrogen (secondary N) is 4. The first kappa shape index (κ1) is 29.3. The van der Waals surface area contributed by atoms with E-state index in [-0.39, 0.29) is 6.54 Å². The number of nitrogens with zero attached hydrogens (tertiary/aromatic N) is 4. The molecule has 0 saturated heterocycles. The number of amides is 1. The fraction of sp³-hybridized carbons (Fsp3) is 0.407. The summed E-state index contributed by atoms with van der Waals surface area (Å²) < 4.78 is 6.52. The maximum atomic E-state index is 11.5. The number of ether oxygens (including phenoxy) is 1. The largest absolute Gasteiger partial charge is 0.453 e. The first-order chi connectivity index (χ1) is 18.2. The van der Waals surface area contributed by atoms with E-state index in [1.54, 1.807) is 0 Å². The van der Waals surface area contributed by atoms with Crippen LogP contribution in [0, 0.1) is 0 Å². The lowest BCUT2D eigenvalue weighted by Gasteiger charge is -2.11. The molecule has 0 fully saturated rings. The van der Waals surface area contributed by atoms with E-state index in [0.717, 1.165) is 53.2 Å². The number of methoxy groups -OCH3 is 1. The standard InChI is InChI=1S/C23H28N8O2.2C2H6/c1-3-4-9-20-25-21(14-24-23(32)33-2)31(28-20)15-16-10-12-17(13-11-16)18-7-5-6-8-19(18)22-26-29-30-27-22;2*1-2/h5-8,10-13,29-30H,3-4,9,14-15H2,1-2H3,(H,24,32)(H,26,27);2*1-2H3. The number of unbranched alkanes of at least 4 members (excludes halogenated alkanes) is 1. The van der Waals surface area contributed by atoms with Crippen molar-refractivity contribution in [2.75, 3.05) is 7.11 Å². The van der Waals surface area contributed by atoms with Crippen molar-refractivity contribution in [3.8, 4) is 11.1 Å². The van der Waals surface area contributed by atoms with Gasteiger partial charge in [-0.05, 0) is 23.1 Å². The second kappa shape index (κ2) is 15.9. The van der Waals surface area contributed by atoms with Crippen LogP contribution in [0.1, 0.15) is 70.2 Å². The van der Waals surface area contributed by atoms with Crippen LogP contribution in [0.2, 0.25) is 0 Å². The molecule has 0 radical (unpaired) electrons. The number of benzene rings is 2. The van der Waals surface area contributed by atoms with Crippen molar-refractivity contribution in [2.24, 2.45) is 5.10 Å². The summed E-state index contributed by atoms with van der Waals surface area (Å²) in [7, 11) is 1.34. The molecule has 2 heterocycles. The van der Waals surface area contributed by atoms with Gasteiger partial charge in [-0.3, -0.25) is 5.43 Å². The topological polar surface area (TPSA) is 117 Å². The zero-order chi connectivity index (χ0) is 27.0. The van der Waals surface area contributed by atoms with E-state index in [1.807, 2.05) is 50.6 Å². The number of alkyl carbamates (subject to hydrolysis) is 1. The van der Waals surface area contributed by atoms with Gasteiger partial charge in [-0.1, -0.05) is 89.6 Å². The van der Waals surface area contributed by atoms with Gasteiger partial charge in [0, 0.05) is 12.0 Å². The minimum absolute atomic E-state index is 0.258. The molecule has 2 aromatic carbocycles. The molecular formula is C27H40N8O2. The van der Waals surface area contributed by atoms with Crippen molar-refractivity contribution < 1.29 is 9.53 Å². The van der Waals surface area contributed by atoms with Crippen LogP contribution in [-0.2, 0) is 24.2 Å². The summed E-state index contributed by atoms with van der Waals surface area (Å²) in [6.45, 7) is 11.0. The zero-order valence-corrected chi connectivity index (χ0v) is 22.8. The van der Waals surface area contributed by atoms with E-state index in [2.05, 4.69) is 79.0 Å². The summed E-state index contributed by atoms with van der Waals surface area (Å²) in [4.78, 5) is 16.1. The Bertz CT molecular complexity index is 1130. The number of aromatic nitrogens is 3. The molecule has 4 rings (SSSR count). The number of hydrazone groups is 1. The van der Waals surface area contributed by atoms with Gasteiger partial charge in [0.15, 0.2) is 11.7 Å². The molecule has 37 heavy (non-hydrogen) atoms. The summed E-state index contributed by atoms with van der Waals surface area (Å²) in [5, 5.41) is 11.6. The normalized spacial score (nSPS) is 11.6. The number of rotatable bonds is 9. The Hall–Kier alpha value is -3.92. The van der Waals surface area contributed by atoms with Gasteiger partial charge in [0.25, 0.3) is 0 Å². The maximum absolute atomic E-state index is 11.5. The Balaban J connectivity index is 0.00000115. The molecular weight excluding hydrogens is 468 g/mol. The predicted octanol–water partition coefficient (Wildman–Crippen LogP) is 4.52. The molecule has 1 aromatic heterocycles. The van der Waals surface area contributed by atoms with Crippen LogP contribution in [0.25, 0.3) is 11.1 Å². The molecule has 0 saturated carbocycles. The van der Waals surface area contributed by atoms with Crippen LogP contribution >= 0.6 is 0 Å². The van der Waals surface area contributed by atoms with Crippen LogP contribution in [-0.4, -0.2) is 33.8 Å². The molecule has 4 N–H and O–H groups in total. The summed E-state index contributed by atoms with van der Waals surface area (Å²) in [6, 6.07) is 16.4. The average molecular weight is 509 g/mol. The number of hydrogen-bond donors (Lipinski definition) is 4. The van der Waals surface area contributed by atoms with E-state index < -0.39 is 6.09 Å². The molecule has 0 unspecified atom stereocenters. The number of hydrogen-bond acceptors (Lipinski definition) is 8. The minimum Gasteiger partial charge on any atom is -0.453 e. The van der Waals surface area contributed by atoms with E-state index in [1.165, 1.54) is 7.11 Å². The van der Waals surface area contributed by atoms with Gasteiger partial charge in [-0.25, -0.2) is 20.0 Å². The third-order valence-corrected chi connectivity index (χ3v) is 5.31. The number of hydrazine groups is 2. The van der Waals surface area contributed by atoms with Gasteiger partial charge in [-0.2, -0.15) is 5.10 Å². The highest BCUT2D eigenvalue weighted by atomic mass is 16.5. The Morgan fingerprint density at radius 2 is 1.73 bits per heavy atom. The SMILES string of the molecule is CC.CC.CCCCc1nc(CNC(=O)OC)n(Cc2ccc(-c3ccccc3C3=NNNN3)cc2)n1. The smallest absolute Gasteiger partial charge is 0.407 e. The fourth-order valence-corrected chi connectivity index (χ4v) is 3.58. The van der Waals surface area contributed by atoms with Gasteiger partial charge in [0.05, 0.1) is 20.2 Å². The van der Waals surface area contributed by atoms with Crippen LogP contribution in [0.4, 0.5) is 4.79 Å². The third kappa shape index (κ3) is 8.32. The summed E-state index contributed by atoms with van der Waals surface area (Å²) in [5.74, 6) is 2.22. The lowest BCUT2D eigenvalue weighted by atomic mass is 9.98. The Morgan fingerprint density at radius 1 is 1.03 bits per heavy atom. The van der Waals surface area contributed by atoms with Crippen molar-refractivity contribution in [3.63, 3.8) is 0 Å². The van der Waals surface area contributed by atoms with Crippen LogP contribution < -0.4 is 21.8 Å². The average Bonchev–Trinajstić information content (AvgIpc) is 3.64. The van der Waals surface area contributed by atoms with E-state index >= 15 is 0 Å². The molecule has 0 atom stereocenters. The van der Waals surface area contributed by atoms with Crippen molar-refractivity contribution in [1.82, 2.24) is 36.6 Å². The van der Waals surface area contributed by atoms with E-state index in [0.29, 0.717) is 12.4 Å². The van der Waals surface area contributed by atoms with Crippen molar-refractivity contribution >= 4 is 11.9 Å². The van der Waals surface area contributed by atoms with Crippen molar-refractivity contribution in [3.05, 3.63) is 71.3 Å². The quantitative estimate of drug-likeness (QED) is 0.336. The molecule has 1 aliphatic heterocycles. The molecule has 0 aliphatic carbocycles. The predicted molar refractivity (Wildman–Crippen MR) is 147 cm³/mol. The molecule has 10 heteroatoms. The number of carbonyl (C=O) groups excluding carboxylic acids is 1. The van der Waals surface area contributed by atoms with E-state index in [4.69, 9.17) is 0 Å². The lowest BCUT2D eigenvalue weighted by Crippen LogP contribution is -2.35. The highest BCUT2D eigenvalue weighted by Gasteiger charge is 2.15. The molecule has 0 bridgehead atoms. The monoisotopic (exact) mass is 508 g/mol. The minimum atomic E-state index is -0.491. The Kier molecular flexibility index (Phi) is 12.6. The third-order valence-electron chi connectivity index (χ3n) is 5.31. The molecule has 1 amide bonds. The lowest BCUT2D eigenvalue weighted by molar-refractivity contribution is 0.170. The maximum Gasteiger partial charge on any atom is 0.407 e.